The molecule has 0 spiro atoms. The topological polar surface area (TPSA) is 78.0 Å². The first-order valence-electron chi connectivity index (χ1n) is 5.65. The summed E-state index contributed by atoms with van der Waals surface area (Å²) in [5, 5.41) is 4.25. The lowest BCUT2D eigenvalue weighted by Crippen LogP contribution is -2.05. The molecule has 18 heavy (non-hydrogen) atoms. The Morgan fingerprint density at radius 3 is 2.61 bits per heavy atom. The molecule has 6 heteroatoms. The van der Waals surface area contributed by atoms with Crippen LogP contribution in [0, 0.1) is 0 Å². The van der Waals surface area contributed by atoms with Gasteiger partial charge in [0.25, 0.3) is 0 Å². The SMILES string of the molecule is NCc1ccc(-n2ncc3c2CS(=O)(=O)C3)cc1. The van der Waals surface area contributed by atoms with Gasteiger partial charge >= 0.3 is 0 Å². The van der Waals surface area contributed by atoms with Crippen LogP contribution < -0.4 is 5.73 Å². The van der Waals surface area contributed by atoms with Crippen LogP contribution in [0.5, 0.6) is 0 Å². The van der Waals surface area contributed by atoms with Gasteiger partial charge < -0.3 is 5.73 Å². The van der Waals surface area contributed by atoms with E-state index >= 15 is 0 Å². The molecule has 0 bridgehead atoms. The Bertz CT molecular complexity index is 687. The van der Waals surface area contributed by atoms with E-state index < -0.39 is 9.84 Å². The molecule has 2 aromatic rings. The van der Waals surface area contributed by atoms with Crippen LogP contribution in [0.1, 0.15) is 16.8 Å². The molecule has 0 radical (unpaired) electrons. The minimum Gasteiger partial charge on any atom is -0.326 e. The zero-order valence-corrected chi connectivity index (χ0v) is 10.5. The molecule has 0 fully saturated rings. The van der Waals surface area contributed by atoms with Crippen LogP contribution in [0.4, 0.5) is 0 Å². The number of nitrogens with zero attached hydrogens (tertiary/aromatic N) is 2. The summed E-state index contributed by atoms with van der Waals surface area (Å²) in [7, 11) is -2.99. The van der Waals surface area contributed by atoms with Crippen LogP contribution >= 0.6 is 0 Å². The van der Waals surface area contributed by atoms with Gasteiger partial charge in [-0.3, -0.25) is 0 Å². The molecule has 2 heterocycles. The maximum absolute atomic E-state index is 11.6. The monoisotopic (exact) mass is 263 g/mol. The number of rotatable bonds is 2. The van der Waals surface area contributed by atoms with E-state index in [2.05, 4.69) is 5.10 Å². The molecule has 0 aliphatic carbocycles. The molecule has 1 aliphatic heterocycles. The highest BCUT2D eigenvalue weighted by Crippen LogP contribution is 2.26. The minimum atomic E-state index is -2.99. The molecule has 1 aliphatic rings. The van der Waals surface area contributed by atoms with E-state index in [-0.39, 0.29) is 11.5 Å². The number of aromatic nitrogens is 2. The first kappa shape index (κ1) is 11.4. The fourth-order valence-electron chi connectivity index (χ4n) is 2.17. The number of hydrogen-bond donors (Lipinski definition) is 1. The van der Waals surface area contributed by atoms with Crippen LogP contribution in [0.3, 0.4) is 0 Å². The summed E-state index contributed by atoms with van der Waals surface area (Å²) in [4.78, 5) is 0. The van der Waals surface area contributed by atoms with Gasteiger partial charge in [-0.05, 0) is 17.7 Å². The number of nitrogens with two attached hydrogens (primary N) is 1. The Balaban J connectivity index is 2.04. The second kappa shape index (κ2) is 3.93. The summed E-state index contributed by atoms with van der Waals surface area (Å²) in [6.45, 7) is 0.492. The molecular weight excluding hydrogens is 250 g/mol. The maximum atomic E-state index is 11.6. The lowest BCUT2D eigenvalue weighted by atomic mass is 10.2. The summed E-state index contributed by atoms with van der Waals surface area (Å²) in [5.41, 5.74) is 9.02. The van der Waals surface area contributed by atoms with Crippen LogP contribution in [0.2, 0.25) is 0 Å². The predicted octanol–water partition coefficient (Wildman–Crippen LogP) is 0.759. The van der Waals surface area contributed by atoms with Crippen molar-refractivity contribution < 1.29 is 8.42 Å². The van der Waals surface area contributed by atoms with E-state index in [0.717, 1.165) is 22.5 Å². The Labute approximate surface area is 105 Å². The Morgan fingerprint density at radius 1 is 1.22 bits per heavy atom. The molecular formula is C12H13N3O2S. The van der Waals surface area contributed by atoms with Gasteiger partial charge in [0.15, 0.2) is 9.84 Å². The third-order valence-electron chi connectivity index (χ3n) is 3.10. The smallest absolute Gasteiger partial charge is 0.160 e. The molecule has 1 aromatic carbocycles. The highest BCUT2D eigenvalue weighted by Gasteiger charge is 2.29. The molecule has 2 N–H and O–H groups in total. The highest BCUT2D eigenvalue weighted by molar-refractivity contribution is 7.90. The van der Waals surface area contributed by atoms with Crippen molar-refractivity contribution in [2.75, 3.05) is 0 Å². The molecule has 5 nitrogen and oxygen atoms in total. The van der Waals surface area contributed by atoms with Crippen LogP contribution in [0.15, 0.2) is 30.5 Å². The van der Waals surface area contributed by atoms with Gasteiger partial charge in [0.1, 0.15) is 0 Å². The van der Waals surface area contributed by atoms with Gasteiger partial charge in [0.05, 0.1) is 29.1 Å². The molecule has 1 aromatic heterocycles. The molecule has 3 rings (SSSR count). The number of fused-ring (bicyclic) bond motifs is 1. The largest absolute Gasteiger partial charge is 0.326 e. The number of sulfone groups is 1. The van der Waals surface area contributed by atoms with E-state index in [0.29, 0.717) is 6.54 Å². The van der Waals surface area contributed by atoms with Crippen LogP contribution in [0.25, 0.3) is 5.69 Å². The molecule has 0 saturated carbocycles. The quantitative estimate of drug-likeness (QED) is 0.867. The van der Waals surface area contributed by atoms with E-state index in [4.69, 9.17) is 5.73 Å². The summed E-state index contributed by atoms with van der Waals surface area (Å²) in [5.74, 6) is 0.171. The Kier molecular flexibility index (Phi) is 2.49. The van der Waals surface area contributed by atoms with E-state index in [9.17, 15) is 8.42 Å². The summed E-state index contributed by atoms with van der Waals surface area (Å²) >= 11 is 0. The Morgan fingerprint density at radius 2 is 1.94 bits per heavy atom. The number of benzene rings is 1. The van der Waals surface area contributed by atoms with E-state index in [1.165, 1.54) is 0 Å². The van der Waals surface area contributed by atoms with Crippen molar-refractivity contribution in [1.82, 2.24) is 9.78 Å². The summed E-state index contributed by atoms with van der Waals surface area (Å²) in [6, 6.07) is 7.65. The van der Waals surface area contributed by atoms with Gasteiger partial charge in [-0.1, -0.05) is 12.1 Å². The molecule has 0 atom stereocenters. The predicted molar refractivity (Wildman–Crippen MR) is 67.8 cm³/mol. The van der Waals surface area contributed by atoms with Gasteiger partial charge in [-0.2, -0.15) is 5.10 Å². The standard InChI is InChI=1S/C12H13N3O2S/c13-5-9-1-3-11(4-2-9)15-12-8-18(16,17)7-10(12)6-14-15/h1-4,6H,5,7-8,13H2. The summed E-state index contributed by atoms with van der Waals surface area (Å²) < 4.78 is 24.8. The summed E-state index contributed by atoms with van der Waals surface area (Å²) in [6.07, 6.45) is 1.64. The second-order valence-corrected chi connectivity index (χ2v) is 6.50. The average Bonchev–Trinajstić information content (AvgIpc) is 2.84. The van der Waals surface area contributed by atoms with Gasteiger partial charge in [0, 0.05) is 12.1 Å². The van der Waals surface area contributed by atoms with Gasteiger partial charge in [-0.15, -0.1) is 0 Å². The Hall–Kier alpha value is -1.66. The fraction of sp³-hybridized carbons (Fsp3) is 0.250. The third kappa shape index (κ3) is 1.83. The second-order valence-electron chi connectivity index (χ2n) is 4.43. The molecule has 0 unspecified atom stereocenters. The van der Waals surface area contributed by atoms with Crippen LogP contribution in [-0.4, -0.2) is 18.2 Å². The molecule has 0 saturated heterocycles. The fourth-order valence-corrected chi connectivity index (χ4v) is 3.72. The van der Waals surface area contributed by atoms with Crippen LogP contribution in [-0.2, 0) is 27.9 Å². The maximum Gasteiger partial charge on any atom is 0.160 e. The van der Waals surface area contributed by atoms with Gasteiger partial charge in [-0.25, -0.2) is 13.1 Å². The minimum absolute atomic E-state index is 0.0704. The average molecular weight is 263 g/mol. The lowest BCUT2D eigenvalue weighted by Gasteiger charge is -2.06. The van der Waals surface area contributed by atoms with E-state index in [1.54, 1.807) is 10.9 Å². The number of hydrogen-bond acceptors (Lipinski definition) is 4. The van der Waals surface area contributed by atoms with E-state index in [1.807, 2.05) is 24.3 Å². The normalized spacial score (nSPS) is 16.7. The van der Waals surface area contributed by atoms with Crippen molar-refractivity contribution in [2.45, 2.75) is 18.1 Å². The van der Waals surface area contributed by atoms with Gasteiger partial charge in [0.2, 0.25) is 0 Å². The lowest BCUT2D eigenvalue weighted by molar-refractivity contribution is 0.596. The molecule has 0 amide bonds. The van der Waals surface area contributed by atoms with Crippen molar-refractivity contribution in [3.8, 4) is 5.69 Å². The van der Waals surface area contributed by atoms with Crippen molar-refractivity contribution >= 4 is 9.84 Å². The highest BCUT2D eigenvalue weighted by atomic mass is 32.2. The zero-order chi connectivity index (χ0) is 12.8. The first-order chi connectivity index (χ1) is 8.59. The zero-order valence-electron chi connectivity index (χ0n) is 9.70. The third-order valence-corrected chi connectivity index (χ3v) is 4.57. The van der Waals surface area contributed by atoms with Crippen molar-refractivity contribution in [3.05, 3.63) is 47.3 Å². The first-order valence-corrected chi connectivity index (χ1v) is 7.47. The van der Waals surface area contributed by atoms with Crippen molar-refractivity contribution in [3.63, 3.8) is 0 Å². The molecule has 94 valence electrons. The van der Waals surface area contributed by atoms with Crippen molar-refractivity contribution in [1.29, 1.82) is 0 Å². The van der Waals surface area contributed by atoms with Crippen molar-refractivity contribution in [2.24, 2.45) is 5.73 Å².